The first kappa shape index (κ1) is 14.3. The summed E-state index contributed by atoms with van der Waals surface area (Å²) in [5.74, 6) is 0. The van der Waals surface area contributed by atoms with Gasteiger partial charge in [-0.15, -0.1) is 11.3 Å². The first-order valence-electron chi connectivity index (χ1n) is 6.91. The maximum atomic E-state index is 11.9. The van der Waals surface area contributed by atoms with Crippen LogP contribution in [0.2, 0.25) is 0 Å². The van der Waals surface area contributed by atoms with Crippen molar-refractivity contribution < 1.29 is 9.90 Å². The fourth-order valence-electron chi connectivity index (χ4n) is 2.45. The number of aliphatic hydroxyl groups is 1. The van der Waals surface area contributed by atoms with Gasteiger partial charge in [0, 0.05) is 23.4 Å². The molecule has 1 atom stereocenters. The van der Waals surface area contributed by atoms with Gasteiger partial charge in [-0.25, -0.2) is 4.79 Å². The fraction of sp³-hybridized carbons (Fsp3) is 0.643. The molecule has 106 valence electrons. The lowest BCUT2D eigenvalue weighted by Gasteiger charge is -2.26. The number of urea groups is 1. The molecule has 5 heteroatoms. The Bertz CT molecular complexity index is 386. The lowest BCUT2D eigenvalue weighted by molar-refractivity contribution is 0.117. The normalized spacial score (nSPS) is 24.7. The summed E-state index contributed by atoms with van der Waals surface area (Å²) in [7, 11) is 0. The highest BCUT2D eigenvalue weighted by Crippen LogP contribution is 2.18. The van der Waals surface area contributed by atoms with Crippen molar-refractivity contribution in [2.75, 3.05) is 0 Å². The fourth-order valence-corrected chi connectivity index (χ4v) is 3.29. The molecule has 1 aliphatic carbocycles. The number of carbonyl (C=O) groups is 1. The van der Waals surface area contributed by atoms with Crippen LogP contribution in [0.4, 0.5) is 4.79 Å². The summed E-state index contributed by atoms with van der Waals surface area (Å²) in [6, 6.07) is 4.36. The van der Waals surface area contributed by atoms with Gasteiger partial charge in [-0.2, -0.15) is 0 Å². The van der Waals surface area contributed by atoms with Gasteiger partial charge in [0.2, 0.25) is 0 Å². The van der Waals surface area contributed by atoms with Crippen molar-refractivity contribution in [2.24, 2.45) is 0 Å². The summed E-state index contributed by atoms with van der Waals surface area (Å²) in [4.78, 5) is 13.1. The van der Waals surface area contributed by atoms with E-state index in [0.29, 0.717) is 0 Å². The third kappa shape index (κ3) is 4.84. The van der Waals surface area contributed by atoms with Gasteiger partial charge in [0.1, 0.15) is 0 Å². The molecule has 0 radical (unpaired) electrons. The molecule has 0 spiro atoms. The quantitative estimate of drug-likeness (QED) is 0.793. The first-order valence-corrected chi connectivity index (χ1v) is 7.79. The van der Waals surface area contributed by atoms with Crippen molar-refractivity contribution in [1.82, 2.24) is 10.6 Å². The predicted molar refractivity (Wildman–Crippen MR) is 77.4 cm³/mol. The van der Waals surface area contributed by atoms with Gasteiger partial charge in [-0.1, -0.05) is 6.07 Å². The van der Waals surface area contributed by atoms with Crippen molar-refractivity contribution in [3.8, 4) is 0 Å². The number of hydrogen-bond acceptors (Lipinski definition) is 3. The van der Waals surface area contributed by atoms with E-state index < -0.39 is 0 Å². The van der Waals surface area contributed by atoms with E-state index in [1.54, 1.807) is 11.3 Å². The van der Waals surface area contributed by atoms with Gasteiger partial charge in [-0.3, -0.25) is 0 Å². The van der Waals surface area contributed by atoms with Crippen LogP contribution >= 0.6 is 11.3 Å². The summed E-state index contributed by atoms with van der Waals surface area (Å²) in [6.45, 7) is 2.02. The standard InChI is InChI=1S/C14H22N2O2S/c1-10(9-13-3-2-8-19-13)15-14(18)16-11-4-6-12(17)7-5-11/h2-3,8,10-12,17H,4-7,9H2,1H3,(H2,15,16,18). The predicted octanol–water partition coefficient (Wildman–Crippen LogP) is 2.28. The summed E-state index contributed by atoms with van der Waals surface area (Å²) in [6.07, 6.45) is 4.00. The molecule has 1 fully saturated rings. The zero-order valence-electron chi connectivity index (χ0n) is 11.3. The summed E-state index contributed by atoms with van der Waals surface area (Å²) in [5, 5.41) is 17.4. The minimum atomic E-state index is -0.182. The largest absolute Gasteiger partial charge is 0.393 e. The van der Waals surface area contributed by atoms with Gasteiger partial charge >= 0.3 is 6.03 Å². The second-order valence-electron chi connectivity index (χ2n) is 5.31. The SMILES string of the molecule is CC(Cc1cccs1)NC(=O)NC1CCC(O)CC1. The van der Waals surface area contributed by atoms with E-state index in [2.05, 4.69) is 22.1 Å². The Morgan fingerprint density at radius 1 is 1.47 bits per heavy atom. The van der Waals surface area contributed by atoms with Crippen LogP contribution in [0.3, 0.4) is 0 Å². The highest BCUT2D eigenvalue weighted by molar-refractivity contribution is 7.09. The number of hydrogen-bond donors (Lipinski definition) is 3. The molecular weight excluding hydrogens is 260 g/mol. The molecule has 19 heavy (non-hydrogen) atoms. The van der Waals surface area contributed by atoms with Crippen molar-refractivity contribution in [2.45, 2.75) is 57.2 Å². The number of aliphatic hydroxyl groups excluding tert-OH is 1. The molecule has 2 amide bonds. The third-order valence-electron chi connectivity index (χ3n) is 3.50. The molecule has 0 aromatic carbocycles. The molecule has 0 saturated heterocycles. The number of thiophene rings is 1. The summed E-state index contributed by atoms with van der Waals surface area (Å²) in [5.41, 5.74) is 0. The van der Waals surface area contributed by atoms with E-state index in [-0.39, 0.29) is 24.2 Å². The monoisotopic (exact) mass is 282 g/mol. The Balaban J connectivity index is 1.69. The molecule has 4 nitrogen and oxygen atoms in total. The topological polar surface area (TPSA) is 61.4 Å². The average molecular weight is 282 g/mol. The number of carbonyl (C=O) groups excluding carboxylic acids is 1. The van der Waals surface area contributed by atoms with Gasteiger partial charge < -0.3 is 15.7 Å². The van der Waals surface area contributed by atoms with Gasteiger partial charge in [0.05, 0.1) is 6.10 Å². The van der Waals surface area contributed by atoms with Crippen LogP contribution in [0, 0.1) is 0 Å². The molecule has 1 unspecified atom stereocenters. The molecule has 1 saturated carbocycles. The Kier molecular flexibility index (Phi) is 5.22. The van der Waals surface area contributed by atoms with Crippen LogP contribution in [-0.2, 0) is 6.42 Å². The Hall–Kier alpha value is -1.07. The Morgan fingerprint density at radius 2 is 2.21 bits per heavy atom. The lowest BCUT2D eigenvalue weighted by atomic mass is 9.93. The van der Waals surface area contributed by atoms with Gasteiger partial charge in [-0.05, 0) is 44.1 Å². The molecule has 1 aliphatic rings. The molecule has 0 aliphatic heterocycles. The number of rotatable bonds is 4. The van der Waals surface area contributed by atoms with E-state index in [1.807, 2.05) is 13.0 Å². The average Bonchev–Trinajstić information content (AvgIpc) is 2.84. The molecule has 0 bridgehead atoms. The van der Waals surface area contributed by atoms with E-state index in [0.717, 1.165) is 32.1 Å². The second kappa shape index (κ2) is 6.91. The minimum absolute atomic E-state index is 0.0922. The van der Waals surface area contributed by atoms with Crippen LogP contribution < -0.4 is 10.6 Å². The summed E-state index contributed by atoms with van der Waals surface area (Å²) < 4.78 is 0. The number of amides is 2. The van der Waals surface area contributed by atoms with E-state index >= 15 is 0 Å². The molecule has 1 aromatic rings. The van der Waals surface area contributed by atoms with Gasteiger partial charge in [0.15, 0.2) is 0 Å². The van der Waals surface area contributed by atoms with Crippen molar-refractivity contribution >= 4 is 17.4 Å². The van der Waals surface area contributed by atoms with Gasteiger partial charge in [0.25, 0.3) is 0 Å². The van der Waals surface area contributed by atoms with Crippen molar-refractivity contribution in [1.29, 1.82) is 0 Å². The summed E-state index contributed by atoms with van der Waals surface area (Å²) >= 11 is 1.71. The zero-order chi connectivity index (χ0) is 13.7. The minimum Gasteiger partial charge on any atom is -0.393 e. The van der Waals surface area contributed by atoms with Crippen LogP contribution in [0.15, 0.2) is 17.5 Å². The Morgan fingerprint density at radius 3 is 2.84 bits per heavy atom. The Labute approximate surface area is 118 Å². The van der Waals surface area contributed by atoms with E-state index in [4.69, 9.17) is 0 Å². The molecule has 3 N–H and O–H groups in total. The maximum absolute atomic E-state index is 11.9. The number of nitrogens with one attached hydrogen (secondary N) is 2. The van der Waals surface area contributed by atoms with E-state index in [1.165, 1.54) is 4.88 Å². The molecule has 2 rings (SSSR count). The smallest absolute Gasteiger partial charge is 0.315 e. The first-order chi connectivity index (χ1) is 9.13. The maximum Gasteiger partial charge on any atom is 0.315 e. The molecular formula is C14H22N2O2S. The second-order valence-corrected chi connectivity index (χ2v) is 6.34. The molecule has 1 aromatic heterocycles. The highest BCUT2D eigenvalue weighted by atomic mass is 32.1. The van der Waals surface area contributed by atoms with Crippen molar-refractivity contribution in [3.63, 3.8) is 0 Å². The molecule has 1 heterocycles. The van der Waals surface area contributed by atoms with E-state index in [9.17, 15) is 9.90 Å². The van der Waals surface area contributed by atoms with Crippen LogP contribution in [0.1, 0.15) is 37.5 Å². The van der Waals surface area contributed by atoms with Crippen LogP contribution in [0.25, 0.3) is 0 Å². The van der Waals surface area contributed by atoms with Crippen LogP contribution in [-0.4, -0.2) is 29.3 Å². The zero-order valence-corrected chi connectivity index (χ0v) is 12.1. The highest BCUT2D eigenvalue weighted by Gasteiger charge is 2.21. The third-order valence-corrected chi connectivity index (χ3v) is 4.40. The van der Waals surface area contributed by atoms with Crippen LogP contribution in [0.5, 0.6) is 0 Å². The lowest BCUT2D eigenvalue weighted by Crippen LogP contribution is -2.47. The van der Waals surface area contributed by atoms with Crippen molar-refractivity contribution in [3.05, 3.63) is 22.4 Å².